The quantitative estimate of drug-likeness (QED) is 0.0527. The first-order valence-electron chi connectivity index (χ1n) is 21.6. The second-order valence-electron chi connectivity index (χ2n) is 15.2. The van der Waals surface area contributed by atoms with E-state index < -0.39 is 40.5 Å². The normalized spacial score (nSPS) is 13.0. The summed E-state index contributed by atoms with van der Waals surface area (Å²) < 4.78 is 0.730. The molecule has 0 aliphatic heterocycles. The van der Waals surface area contributed by atoms with Gasteiger partial charge < -0.3 is 0 Å². The van der Waals surface area contributed by atoms with Crippen molar-refractivity contribution in [3.63, 3.8) is 0 Å². The minimum absolute atomic E-state index is 0.365. The van der Waals surface area contributed by atoms with Gasteiger partial charge in [0.2, 0.25) is 0 Å². The Morgan fingerprint density at radius 2 is 0.476 bits per heavy atom. The second kappa shape index (κ2) is 23.9. The third-order valence-electron chi connectivity index (χ3n) is 11.1. The van der Waals surface area contributed by atoms with E-state index in [2.05, 4.69) is 243 Å². The van der Waals surface area contributed by atoms with Crippen molar-refractivity contribution in [2.75, 3.05) is 12.3 Å². The molecule has 0 spiro atoms. The molecule has 322 valence electrons. The van der Waals surface area contributed by atoms with Crippen molar-refractivity contribution in [1.29, 1.82) is 0 Å². The molecule has 0 fully saturated rings. The first-order chi connectivity index (χ1) is 31.1. The molecule has 0 aromatic heterocycles. The average molecular weight is 1070 g/mol. The Hall–Kier alpha value is -3.07. The van der Waals surface area contributed by atoms with Crippen molar-refractivity contribution >= 4 is 103 Å². The fourth-order valence-electron chi connectivity index (χ4n) is 8.18. The molecule has 8 aromatic rings. The van der Waals surface area contributed by atoms with Crippen LogP contribution in [0.2, 0.25) is 0 Å². The van der Waals surface area contributed by atoms with Crippen LogP contribution in [0.4, 0.5) is 0 Å². The Labute approximate surface area is 398 Å². The topological polar surface area (TPSA) is 0 Å². The molecular weight excluding hydrogens is 1020 g/mol. The molecule has 0 amide bonds. The van der Waals surface area contributed by atoms with Crippen LogP contribution in [0, 0.1) is 0 Å². The van der Waals surface area contributed by atoms with E-state index in [-0.39, 0.29) is 0 Å². The van der Waals surface area contributed by atoms with Crippen LogP contribution in [0.25, 0.3) is 0 Å². The van der Waals surface area contributed by atoms with Gasteiger partial charge in [0.15, 0.2) is 0 Å². The first kappa shape index (κ1) is 46.5. The van der Waals surface area contributed by atoms with Gasteiger partial charge in [-0.1, -0.05) is 0 Å². The fraction of sp³-hybridized carbons (Fsp3) is 0.143. The van der Waals surface area contributed by atoms with Gasteiger partial charge in [-0.25, -0.2) is 0 Å². The minimum atomic E-state index is -1.88. The summed E-state index contributed by atoms with van der Waals surface area (Å²) in [5.41, 5.74) is 0. The van der Waals surface area contributed by atoms with E-state index in [1.807, 2.05) is 0 Å². The van der Waals surface area contributed by atoms with E-state index in [9.17, 15) is 0 Å². The molecule has 0 aliphatic rings. The molecule has 0 saturated carbocycles. The van der Waals surface area contributed by atoms with Gasteiger partial charge in [0, 0.05) is 0 Å². The Kier molecular flexibility index (Phi) is 17.6. The number of halogens is 2. The number of hydrogen-bond donors (Lipinski definition) is 0. The van der Waals surface area contributed by atoms with E-state index in [1.165, 1.54) is 42.4 Å². The van der Waals surface area contributed by atoms with Crippen LogP contribution in [-0.2, 0) is 8.85 Å². The van der Waals surface area contributed by atoms with Crippen LogP contribution >= 0.6 is 60.1 Å². The molecule has 0 heterocycles. The molecule has 0 nitrogen and oxygen atoms in total. The van der Waals surface area contributed by atoms with Gasteiger partial charge in [0.1, 0.15) is 0 Å². The Balaban J connectivity index is 1.23. The maximum atomic E-state index is 4.87. The monoisotopic (exact) mass is 1070 g/mol. The zero-order valence-corrected chi connectivity index (χ0v) is 43.1. The molecule has 0 radical (unpaired) electrons. The number of rotatable bonds is 20. The van der Waals surface area contributed by atoms with Gasteiger partial charge >= 0.3 is 401 Å². The molecule has 0 bridgehead atoms. The Morgan fingerprint density at radius 3 is 0.683 bits per heavy atom. The summed E-state index contributed by atoms with van der Waals surface area (Å²) in [7, 11) is -4.44. The second-order valence-corrected chi connectivity index (χ2v) is 37.8. The summed E-state index contributed by atoms with van der Waals surface area (Å²) in [6.45, 7) is 0. The zero-order chi connectivity index (χ0) is 43.1. The van der Waals surface area contributed by atoms with Crippen molar-refractivity contribution in [1.82, 2.24) is 0 Å². The average Bonchev–Trinajstić information content (AvgIpc) is 3.35. The van der Waals surface area contributed by atoms with E-state index >= 15 is 0 Å². The molecule has 8 rings (SSSR count). The number of benzene rings is 8. The van der Waals surface area contributed by atoms with Gasteiger partial charge in [-0.3, -0.25) is 0 Å². The van der Waals surface area contributed by atoms with Crippen LogP contribution in [0.3, 0.4) is 0 Å². The SMILES string of the molecule is [Br][Ni]([Br])([CH](CCCP(c1ccccc1)c1ccccc1)P(c1ccccc1)c1ccccc1)[CH](CCCP(c1ccccc1)c1ccccc1)P(c1ccccc1)c1ccccc1. The van der Waals surface area contributed by atoms with Crippen LogP contribution in [0.15, 0.2) is 243 Å². The van der Waals surface area contributed by atoms with Crippen molar-refractivity contribution < 1.29 is 8.85 Å². The van der Waals surface area contributed by atoms with Gasteiger partial charge in [0.25, 0.3) is 0 Å². The molecule has 63 heavy (non-hydrogen) atoms. The predicted molar refractivity (Wildman–Crippen MR) is 290 cm³/mol. The first-order valence-corrected chi connectivity index (χ1v) is 33.5. The third kappa shape index (κ3) is 12.2. The summed E-state index contributed by atoms with van der Waals surface area (Å²) >= 11 is 9.75. The standard InChI is InChI=1S/2C28H27P2.2BrH.Ni/c2*1-5-15-25(16-6-1)29(26-17-7-2-8-18-26)23-13-14-24-30(27-19-9-3-10-20-27)28-21-11-4-12-22-28;;;/h2*1-12,15-23H,13-14,24H2;2*1H;/q;;;;+2/p-2. The van der Waals surface area contributed by atoms with Gasteiger partial charge in [-0.05, 0) is 0 Å². The van der Waals surface area contributed by atoms with Crippen LogP contribution in [0.5, 0.6) is 0 Å². The molecule has 0 saturated heterocycles. The molecule has 8 aromatic carbocycles. The Morgan fingerprint density at radius 1 is 0.286 bits per heavy atom. The molecule has 2 unspecified atom stereocenters. The summed E-state index contributed by atoms with van der Waals surface area (Å²) in [4.78, 5) is 0. The molecular formula is C56H54Br2NiP4. The summed E-state index contributed by atoms with van der Waals surface area (Å²) in [5.74, 6) is 0. The third-order valence-corrected chi connectivity index (χ3v) is 36.8. The van der Waals surface area contributed by atoms with Gasteiger partial charge in [0.05, 0.1) is 0 Å². The van der Waals surface area contributed by atoms with Crippen molar-refractivity contribution in [3.05, 3.63) is 243 Å². The van der Waals surface area contributed by atoms with E-state index in [4.69, 9.17) is 28.5 Å². The summed E-state index contributed by atoms with van der Waals surface area (Å²) in [5, 5.41) is 11.7. The fourth-order valence-corrected chi connectivity index (χ4v) is 33.5. The molecule has 0 N–H and O–H groups in total. The zero-order valence-electron chi connectivity index (χ0n) is 35.4. The van der Waals surface area contributed by atoms with Crippen molar-refractivity contribution in [2.45, 2.75) is 34.9 Å². The molecule has 7 heteroatoms. The number of hydrogen-bond acceptors (Lipinski definition) is 0. The molecule has 2 atom stereocenters. The van der Waals surface area contributed by atoms with Crippen LogP contribution < -0.4 is 42.4 Å². The van der Waals surface area contributed by atoms with E-state index in [1.54, 1.807) is 0 Å². The van der Waals surface area contributed by atoms with Crippen LogP contribution in [-0.4, -0.2) is 21.6 Å². The maximum absolute atomic E-state index is 4.87. The van der Waals surface area contributed by atoms with E-state index in [0.29, 0.717) is 9.26 Å². The Bertz CT molecular complexity index is 2170. The van der Waals surface area contributed by atoms with E-state index in [0.717, 1.165) is 38.0 Å². The predicted octanol–water partition coefficient (Wildman–Crippen LogP) is 13.5. The summed E-state index contributed by atoms with van der Waals surface area (Å²) in [6, 6.07) is 91.1. The summed E-state index contributed by atoms with van der Waals surface area (Å²) in [6.07, 6.45) is 6.82. The van der Waals surface area contributed by atoms with Gasteiger partial charge in [-0.15, -0.1) is 0 Å². The van der Waals surface area contributed by atoms with Crippen LogP contribution in [0.1, 0.15) is 25.7 Å². The van der Waals surface area contributed by atoms with Gasteiger partial charge in [-0.2, -0.15) is 0 Å². The van der Waals surface area contributed by atoms with Crippen molar-refractivity contribution in [3.8, 4) is 0 Å². The molecule has 0 aliphatic carbocycles. The van der Waals surface area contributed by atoms with Crippen molar-refractivity contribution in [2.24, 2.45) is 0 Å².